The van der Waals surface area contributed by atoms with E-state index in [9.17, 15) is 4.39 Å². The molecule has 2 aromatic rings. The molecule has 0 aliphatic rings. The molecule has 1 aromatic carbocycles. The number of methoxy groups -OCH3 is 1. The standard InChI is InChI=1S/C13H12ClFIN3O/c1-17-13-11(16)10(6-20-2)18-12(19-13)7-3-4-8(14)9(15)5-7/h3-5H,6H2,1-2H3,(H,17,18,19). The SMILES string of the molecule is CNc1nc(-c2ccc(Cl)c(F)c2)nc(COC)c1I. The van der Waals surface area contributed by atoms with Crippen molar-refractivity contribution < 1.29 is 9.13 Å². The van der Waals surface area contributed by atoms with Crippen molar-refractivity contribution in [3.05, 3.63) is 38.3 Å². The molecule has 1 N–H and O–H groups in total. The summed E-state index contributed by atoms with van der Waals surface area (Å²) in [5.74, 6) is 0.612. The maximum Gasteiger partial charge on any atom is 0.162 e. The number of ether oxygens (including phenoxy) is 1. The lowest BCUT2D eigenvalue weighted by Gasteiger charge is -2.11. The first-order valence-corrected chi connectivity index (χ1v) is 7.21. The third-order valence-electron chi connectivity index (χ3n) is 2.62. The predicted molar refractivity (Wildman–Crippen MR) is 85.4 cm³/mol. The predicted octanol–water partition coefficient (Wildman–Crippen LogP) is 3.73. The summed E-state index contributed by atoms with van der Waals surface area (Å²) in [6.45, 7) is 0.360. The zero-order valence-corrected chi connectivity index (χ0v) is 13.8. The lowest BCUT2D eigenvalue weighted by Crippen LogP contribution is -2.06. The van der Waals surface area contributed by atoms with E-state index in [1.807, 2.05) is 0 Å². The van der Waals surface area contributed by atoms with E-state index in [1.54, 1.807) is 20.2 Å². The molecule has 0 saturated carbocycles. The second-order valence-corrected chi connectivity index (χ2v) is 5.45. The molecule has 0 radical (unpaired) electrons. The largest absolute Gasteiger partial charge is 0.378 e. The van der Waals surface area contributed by atoms with Gasteiger partial charge in [0.15, 0.2) is 5.82 Å². The lowest BCUT2D eigenvalue weighted by atomic mass is 10.2. The number of nitrogens with zero attached hydrogens (tertiary/aromatic N) is 2. The van der Waals surface area contributed by atoms with Crippen molar-refractivity contribution in [1.82, 2.24) is 9.97 Å². The molecule has 0 aliphatic heterocycles. The van der Waals surface area contributed by atoms with Gasteiger partial charge in [0.2, 0.25) is 0 Å². The van der Waals surface area contributed by atoms with Gasteiger partial charge >= 0.3 is 0 Å². The maximum absolute atomic E-state index is 13.5. The quantitative estimate of drug-likeness (QED) is 0.785. The number of rotatable bonds is 4. The van der Waals surface area contributed by atoms with E-state index in [-0.39, 0.29) is 5.02 Å². The monoisotopic (exact) mass is 407 g/mol. The van der Waals surface area contributed by atoms with E-state index in [2.05, 4.69) is 37.9 Å². The van der Waals surface area contributed by atoms with Crippen LogP contribution in [0.15, 0.2) is 18.2 Å². The molecular formula is C13H12ClFIN3O. The Balaban J connectivity index is 2.55. The van der Waals surface area contributed by atoms with Crippen LogP contribution < -0.4 is 5.32 Å². The molecule has 106 valence electrons. The fraction of sp³-hybridized carbons (Fsp3) is 0.231. The smallest absolute Gasteiger partial charge is 0.162 e. The number of hydrogen-bond donors (Lipinski definition) is 1. The highest BCUT2D eigenvalue weighted by Gasteiger charge is 2.13. The number of nitrogens with one attached hydrogen (secondary N) is 1. The normalized spacial score (nSPS) is 10.7. The van der Waals surface area contributed by atoms with Gasteiger partial charge in [-0.15, -0.1) is 0 Å². The third kappa shape index (κ3) is 3.18. The molecule has 0 spiro atoms. The Bertz CT molecular complexity index is 639. The molecule has 2 rings (SSSR count). The van der Waals surface area contributed by atoms with Gasteiger partial charge in [-0.05, 0) is 40.8 Å². The van der Waals surface area contributed by atoms with Crippen LogP contribution in [0.3, 0.4) is 0 Å². The van der Waals surface area contributed by atoms with Gasteiger partial charge in [-0.2, -0.15) is 0 Å². The van der Waals surface area contributed by atoms with E-state index in [1.165, 1.54) is 12.1 Å². The van der Waals surface area contributed by atoms with E-state index in [4.69, 9.17) is 16.3 Å². The van der Waals surface area contributed by atoms with Crippen molar-refractivity contribution in [3.63, 3.8) is 0 Å². The highest BCUT2D eigenvalue weighted by molar-refractivity contribution is 14.1. The topological polar surface area (TPSA) is 47.0 Å². The zero-order valence-electron chi connectivity index (χ0n) is 10.9. The summed E-state index contributed by atoms with van der Waals surface area (Å²) < 4.78 is 19.5. The Morgan fingerprint density at radius 2 is 2.15 bits per heavy atom. The Labute approximate surface area is 134 Å². The van der Waals surface area contributed by atoms with E-state index >= 15 is 0 Å². The molecule has 20 heavy (non-hydrogen) atoms. The molecule has 0 atom stereocenters. The van der Waals surface area contributed by atoms with Crippen LogP contribution in [-0.4, -0.2) is 24.1 Å². The minimum Gasteiger partial charge on any atom is -0.378 e. The summed E-state index contributed by atoms with van der Waals surface area (Å²) >= 11 is 7.83. The van der Waals surface area contributed by atoms with Crippen LogP contribution in [0.4, 0.5) is 10.2 Å². The van der Waals surface area contributed by atoms with Gasteiger partial charge in [0.1, 0.15) is 11.6 Å². The highest BCUT2D eigenvalue weighted by atomic mass is 127. The minimum absolute atomic E-state index is 0.0743. The van der Waals surface area contributed by atoms with Gasteiger partial charge < -0.3 is 10.1 Å². The van der Waals surface area contributed by atoms with Crippen LogP contribution in [0.1, 0.15) is 5.69 Å². The Morgan fingerprint density at radius 1 is 1.40 bits per heavy atom. The van der Waals surface area contributed by atoms with Crippen molar-refractivity contribution in [1.29, 1.82) is 0 Å². The van der Waals surface area contributed by atoms with Crippen LogP contribution >= 0.6 is 34.2 Å². The molecule has 0 unspecified atom stereocenters. The number of aromatic nitrogens is 2. The third-order valence-corrected chi connectivity index (χ3v) is 4.06. The molecule has 7 heteroatoms. The fourth-order valence-corrected chi connectivity index (χ4v) is 2.44. The van der Waals surface area contributed by atoms with Crippen LogP contribution in [0, 0.1) is 9.39 Å². The summed E-state index contributed by atoms with van der Waals surface area (Å²) in [5, 5.41) is 3.07. The average molecular weight is 408 g/mol. The first kappa shape index (κ1) is 15.4. The second kappa shape index (κ2) is 6.64. The average Bonchev–Trinajstić information content (AvgIpc) is 2.44. The van der Waals surface area contributed by atoms with Crippen LogP contribution in [-0.2, 0) is 11.3 Å². The van der Waals surface area contributed by atoms with Gasteiger partial charge in [-0.1, -0.05) is 11.6 Å². The van der Waals surface area contributed by atoms with E-state index < -0.39 is 5.82 Å². The van der Waals surface area contributed by atoms with Crippen molar-refractivity contribution >= 4 is 40.0 Å². The number of benzene rings is 1. The number of hydrogen-bond acceptors (Lipinski definition) is 4. The second-order valence-electron chi connectivity index (χ2n) is 3.97. The molecule has 0 aliphatic carbocycles. The molecule has 1 aromatic heterocycles. The summed E-state index contributed by atoms with van der Waals surface area (Å²) in [4.78, 5) is 8.80. The van der Waals surface area contributed by atoms with Crippen LogP contribution in [0.5, 0.6) is 0 Å². The molecule has 1 heterocycles. The van der Waals surface area contributed by atoms with Crippen molar-refractivity contribution in [2.45, 2.75) is 6.61 Å². The molecular weight excluding hydrogens is 396 g/mol. The highest BCUT2D eigenvalue weighted by Crippen LogP contribution is 2.26. The lowest BCUT2D eigenvalue weighted by molar-refractivity contribution is 0.181. The summed E-state index contributed by atoms with van der Waals surface area (Å²) in [7, 11) is 3.37. The Morgan fingerprint density at radius 3 is 2.75 bits per heavy atom. The minimum atomic E-state index is -0.495. The first-order chi connectivity index (χ1) is 9.56. The fourth-order valence-electron chi connectivity index (χ4n) is 1.66. The molecule has 0 bridgehead atoms. The van der Waals surface area contributed by atoms with Crippen LogP contribution in [0.2, 0.25) is 5.02 Å². The summed E-state index contributed by atoms with van der Waals surface area (Å²) in [6.07, 6.45) is 0. The molecule has 0 saturated heterocycles. The maximum atomic E-state index is 13.5. The summed E-state index contributed by atoms with van der Waals surface area (Å²) in [6, 6.07) is 4.49. The summed E-state index contributed by atoms with van der Waals surface area (Å²) in [5.41, 5.74) is 1.31. The number of anilines is 1. The Kier molecular flexibility index (Phi) is 5.11. The number of halogens is 3. The van der Waals surface area contributed by atoms with Crippen LogP contribution in [0.25, 0.3) is 11.4 Å². The van der Waals surface area contributed by atoms with Crippen molar-refractivity contribution in [2.24, 2.45) is 0 Å². The molecule has 0 fully saturated rings. The van der Waals surface area contributed by atoms with Crippen molar-refractivity contribution in [2.75, 3.05) is 19.5 Å². The van der Waals surface area contributed by atoms with Gasteiger partial charge in [0.05, 0.1) is 20.9 Å². The van der Waals surface area contributed by atoms with Gasteiger partial charge in [0.25, 0.3) is 0 Å². The molecule has 0 amide bonds. The van der Waals surface area contributed by atoms with Gasteiger partial charge in [-0.3, -0.25) is 0 Å². The van der Waals surface area contributed by atoms with Gasteiger partial charge in [0, 0.05) is 19.7 Å². The van der Waals surface area contributed by atoms with E-state index in [0.717, 1.165) is 9.26 Å². The Hall–Kier alpha value is -0.990. The molecule has 4 nitrogen and oxygen atoms in total. The van der Waals surface area contributed by atoms with E-state index in [0.29, 0.717) is 23.8 Å². The zero-order chi connectivity index (χ0) is 14.7. The van der Waals surface area contributed by atoms with Crippen molar-refractivity contribution in [3.8, 4) is 11.4 Å². The first-order valence-electron chi connectivity index (χ1n) is 5.75. The van der Waals surface area contributed by atoms with Gasteiger partial charge in [-0.25, -0.2) is 14.4 Å².